The zero-order valence-electron chi connectivity index (χ0n) is 9.67. The predicted octanol–water partition coefficient (Wildman–Crippen LogP) is 2.34. The Balaban J connectivity index is 4.96. The SMILES string of the molecule is CC(=C/N)/C=C(/C(C)=C\CN)C(C)C. The van der Waals surface area contributed by atoms with Gasteiger partial charge in [-0.05, 0) is 37.1 Å². The molecule has 0 heterocycles. The van der Waals surface area contributed by atoms with E-state index in [9.17, 15) is 0 Å². The minimum absolute atomic E-state index is 0.493. The molecule has 0 aromatic rings. The zero-order valence-corrected chi connectivity index (χ0v) is 9.67. The maximum absolute atomic E-state index is 5.49. The molecule has 0 aliphatic rings. The standard InChI is InChI=1S/C12H22N2/c1-9(2)12(7-10(3)8-14)11(4)5-6-13/h5,7-9H,6,13-14H2,1-4H3/b10-8-,11-5-,12-7+. The third kappa shape index (κ3) is 4.28. The molecule has 0 unspecified atom stereocenters. The van der Waals surface area contributed by atoms with Crippen LogP contribution >= 0.6 is 0 Å². The van der Waals surface area contributed by atoms with Crippen LogP contribution in [0.25, 0.3) is 0 Å². The van der Waals surface area contributed by atoms with Gasteiger partial charge in [-0.3, -0.25) is 0 Å². The average Bonchev–Trinajstić information content (AvgIpc) is 2.13. The summed E-state index contributed by atoms with van der Waals surface area (Å²) >= 11 is 0. The number of hydrogen-bond donors (Lipinski definition) is 2. The molecule has 0 atom stereocenters. The fourth-order valence-corrected chi connectivity index (χ4v) is 1.32. The van der Waals surface area contributed by atoms with Crippen molar-refractivity contribution in [2.24, 2.45) is 17.4 Å². The van der Waals surface area contributed by atoms with Crippen molar-refractivity contribution in [3.05, 3.63) is 35.1 Å². The van der Waals surface area contributed by atoms with Gasteiger partial charge in [-0.2, -0.15) is 0 Å². The van der Waals surface area contributed by atoms with E-state index in [1.807, 2.05) is 13.0 Å². The Morgan fingerprint density at radius 2 is 1.86 bits per heavy atom. The second-order valence-electron chi connectivity index (χ2n) is 3.79. The molecule has 0 saturated carbocycles. The molecule has 0 fully saturated rings. The third-order valence-electron chi connectivity index (χ3n) is 2.15. The summed E-state index contributed by atoms with van der Waals surface area (Å²) in [5.74, 6) is 0.493. The molecule has 2 heteroatoms. The lowest BCUT2D eigenvalue weighted by Crippen LogP contribution is -2.01. The monoisotopic (exact) mass is 194 g/mol. The molecule has 2 nitrogen and oxygen atoms in total. The van der Waals surface area contributed by atoms with Gasteiger partial charge in [0.1, 0.15) is 0 Å². The summed E-state index contributed by atoms with van der Waals surface area (Å²) in [7, 11) is 0. The molecule has 0 amide bonds. The summed E-state index contributed by atoms with van der Waals surface area (Å²) in [5, 5.41) is 0. The van der Waals surface area contributed by atoms with Crippen LogP contribution in [-0.2, 0) is 0 Å². The molecule has 0 aromatic heterocycles. The molecule has 80 valence electrons. The first kappa shape index (κ1) is 13.0. The van der Waals surface area contributed by atoms with Gasteiger partial charge in [0.15, 0.2) is 0 Å². The van der Waals surface area contributed by atoms with E-state index < -0.39 is 0 Å². The van der Waals surface area contributed by atoms with Crippen LogP contribution in [0.4, 0.5) is 0 Å². The second-order valence-corrected chi connectivity index (χ2v) is 3.79. The van der Waals surface area contributed by atoms with E-state index in [1.165, 1.54) is 11.1 Å². The number of hydrogen-bond acceptors (Lipinski definition) is 2. The highest BCUT2D eigenvalue weighted by molar-refractivity contribution is 5.36. The molecule has 0 bridgehead atoms. The summed E-state index contributed by atoms with van der Waals surface area (Å²) in [6.07, 6.45) is 5.78. The summed E-state index contributed by atoms with van der Waals surface area (Å²) < 4.78 is 0. The summed E-state index contributed by atoms with van der Waals surface area (Å²) in [4.78, 5) is 0. The van der Waals surface area contributed by atoms with Crippen molar-refractivity contribution < 1.29 is 0 Å². The summed E-state index contributed by atoms with van der Waals surface area (Å²) in [5.41, 5.74) is 14.6. The topological polar surface area (TPSA) is 52.0 Å². The van der Waals surface area contributed by atoms with Crippen LogP contribution in [0.2, 0.25) is 0 Å². The van der Waals surface area contributed by atoms with E-state index >= 15 is 0 Å². The van der Waals surface area contributed by atoms with E-state index in [2.05, 4.69) is 26.8 Å². The quantitative estimate of drug-likeness (QED) is 0.675. The van der Waals surface area contributed by atoms with Gasteiger partial charge in [0.25, 0.3) is 0 Å². The maximum atomic E-state index is 5.49. The summed E-state index contributed by atoms with van der Waals surface area (Å²) in [6.45, 7) is 9.01. The van der Waals surface area contributed by atoms with Crippen LogP contribution in [0.3, 0.4) is 0 Å². The molecular weight excluding hydrogens is 172 g/mol. The minimum Gasteiger partial charge on any atom is -0.404 e. The average molecular weight is 194 g/mol. The first-order chi connectivity index (χ1) is 6.52. The van der Waals surface area contributed by atoms with Crippen LogP contribution in [0.15, 0.2) is 35.1 Å². The van der Waals surface area contributed by atoms with Gasteiger partial charge in [0.2, 0.25) is 0 Å². The Morgan fingerprint density at radius 1 is 1.29 bits per heavy atom. The zero-order chi connectivity index (χ0) is 11.1. The number of nitrogens with two attached hydrogens (primary N) is 2. The molecule has 0 spiro atoms. The van der Waals surface area contributed by atoms with Crippen LogP contribution in [0.5, 0.6) is 0 Å². The molecule has 0 aliphatic heterocycles. The van der Waals surface area contributed by atoms with Crippen molar-refractivity contribution in [3.8, 4) is 0 Å². The van der Waals surface area contributed by atoms with Gasteiger partial charge >= 0.3 is 0 Å². The Hall–Kier alpha value is -1.02. The first-order valence-corrected chi connectivity index (χ1v) is 5.00. The van der Waals surface area contributed by atoms with Crippen molar-refractivity contribution in [1.29, 1.82) is 0 Å². The van der Waals surface area contributed by atoms with Crippen molar-refractivity contribution in [2.75, 3.05) is 6.54 Å². The van der Waals surface area contributed by atoms with E-state index in [0.717, 1.165) is 5.57 Å². The van der Waals surface area contributed by atoms with E-state index in [1.54, 1.807) is 6.20 Å². The Bertz CT molecular complexity index is 257. The Kier molecular flexibility index (Phi) is 5.97. The fourth-order valence-electron chi connectivity index (χ4n) is 1.32. The van der Waals surface area contributed by atoms with Crippen molar-refractivity contribution in [1.82, 2.24) is 0 Å². The van der Waals surface area contributed by atoms with Gasteiger partial charge < -0.3 is 11.5 Å². The number of allylic oxidation sites excluding steroid dienone is 4. The molecule has 0 saturated heterocycles. The molecular formula is C12H22N2. The molecule has 4 N–H and O–H groups in total. The number of rotatable bonds is 4. The molecule has 14 heavy (non-hydrogen) atoms. The maximum Gasteiger partial charge on any atom is 0.0112 e. The van der Waals surface area contributed by atoms with Crippen molar-refractivity contribution in [2.45, 2.75) is 27.7 Å². The minimum atomic E-state index is 0.493. The predicted molar refractivity (Wildman–Crippen MR) is 63.7 cm³/mol. The van der Waals surface area contributed by atoms with Crippen molar-refractivity contribution >= 4 is 0 Å². The molecule has 0 rings (SSSR count). The largest absolute Gasteiger partial charge is 0.404 e. The van der Waals surface area contributed by atoms with Gasteiger partial charge in [0.05, 0.1) is 0 Å². The fraction of sp³-hybridized carbons (Fsp3) is 0.500. The van der Waals surface area contributed by atoms with Crippen LogP contribution in [-0.4, -0.2) is 6.54 Å². The highest BCUT2D eigenvalue weighted by Crippen LogP contribution is 2.20. The highest BCUT2D eigenvalue weighted by atomic mass is 14.5. The molecule has 0 aliphatic carbocycles. The molecule has 0 aromatic carbocycles. The van der Waals surface area contributed by atoms with E-state index in [-0.39, 0.29) is 0 Å². The van der Waals surface area contributed by atoms with Gasteiger partial charge in [-0.1, -0.05) is 31.6 Å². The smallest absolute Gasteiger partial charge is 0.0112 e. The van der Waals surface area contributed by atoms with Gasteiger partial charge in [-0.25, -0.2) is 0 Å². The second kappa shape index (κ2) is 6.44. The third-order valence-corrected chi connectivity index (χ3v) is 2.15. The van der Waals surface area contributed by atoms with E-state index in [4.69, 9.17) is 11.5 Å². The van der Waals surface area contributed by atoms with Crippen molar-refractivity contribution in [3.63, 3.8) is 0 Å². The van der Waals surface area contributed by atoms with Crippen LogP contribution in [0.1, 0.15) is 27.7 Å². The normalized spacial score (nSPS) is 15.1. The Labute approximate surface area is 87.4 Å². The lowest BCUT2D eigenvalue weighted by Gasteiger charge is -2.12. The van der Waals surface area contributed by atoms with Gasteiger partial charge in [-0.15, -0.1) is 0 Å². The first-order valence-electron chi connectivity index (χ1n) is 5.00. The lowest BCUT2D eigenvalue weighted by atomic mass is 9.94. The van der Waals surface area contributed by atoms with Crippen LogP contribution < -0.4 is 11.5 Å². The lowest BCUT2D eigenvalue weighted by molar-refractivity contribution is 0.775. The molecule has 0 radical (unpaired) electrons. The van der Waals surface area contributed by atoms with Gasteiger partial charge in [0, 0.05) is 6.54 Å². The van der Waals surface area contributed by atoms with Crippen LogP contribution in [0, 0.1) is 5.92 Å². The highest BCUT2D eigenvalue weighted by Gasteiger charge is 2.04. The Morgan fingerprint density at radius 3 is 2.21 bits per heavy atom. The summed E-state index contributed by atoms with van der Waals surface area (Å²) in [6, 6.07) is 0. The van der Waals surface area contributed by atoms with E-state index in [0.29, 0.717) is 12.5 Å².